The Labute approximate surface area is 115 Å². The Bertz CT molecular complexity index is 477. The minimum atomic E-state index is -3.35. The SMILES string of the molecule is CC(C)(C)C(O)CNS(=O)(=O)CCc1ccccc1. The number of rotatable bonds is 6. The molecule has 1 aromatic carbocycles. The topological polar surface area (TPSA) is 66.4 Å². The van der Waals surface area contributed by atoms with E-state index in [4.69, 9.17) is 0 Å². The van der Waals surface area contributed by atoms with Gasteiger partial charge in [-0.3, -0.25) is 0 Å². The first-order valence-corrected chi connectivity index (χ1v) is 8.05. The predicted molar refractivity (Wildman–Crippen MR) is 77.4 cm³/mol. The number of aliphatic hydroxyl groups excluding tert-OH is 1. The Morgan fingerprint density at radius 3 is 2.32 bits per heavy atom. The average molecular weight is 285 g/mol. The van der Waals surface area contributed by atoms with Crippen LogP contribution in [0.15, 0.2) is 30.3 Å². The number of sulfonamides is 1. The molecule has 1 aromatic rings. The van der Waals surface area contributed by atoms with Crippen LogP contribution in [0.4, 0.5) is 0 Å². The molecular weight excluding hydrogens is 262 g/mol. The number of benzene rings is 1. The van der Waals surface area contributed by atoms with Crippen LogP contribution in [0.25, 0.3) is 0 Å². The van der Waals surface area contributed by atoms with E-state index in [0.717, 1.165) is 5.56 Å². The highest BCUT2D eigenvalue weighted by Crippen LogP contribution is 2.18. The van der Waals surface area contributed by atoms with E-state index >= 15 is 0 Å². The predicted octanol–water partition coefficient (Wildman–Crippen LogP) is 1.56. The van der Waals surface area contributed by atoms with Crippen molar-refractivity contribution in [1.29, 1.82) is 0 Å². The average Bonchev–Trinajstić information content (AvgIpc) is 2.34. The Morgan fingerprint density at radius 2 is 1.79 bits per heavy atom. The first-order valence-electron chi connectivity index (χ1n) is 6.40. The fourth-order valence-electron chi connectivity index (χ4n) is 1.48. The Kier molecular flexibility index (Phi) is 5.52. The molecular formula is C14H23NO3S. The van der Waals surface area contributed by atoms with Crippen LogP contribution < -0.4 is 4.72 Å². The van der Waals surface area contributed by atoms with Gasteiger partial charge in [-0.2, -0.15) is 0 Å². The summed E-state index contributed by atoms with van der Waals surface area (Å²) in [5.41, 5.74) is 0.659. The number of hydrogen-bond acceptors (Lipinski definition) is 3. The van der Waals surface area contributed by atoms with E-state index < -0.39 is 16.1 Å². The maximum atomic E-state index is 11.8. The Hall–Kier alpha value is -0.910. The van der Waals surface area contributed by atoms with Gasteiger partial charge in [0.2, 0.25) is 10.0 Å². The van der Waals surface area contributed by atoms with E-state index in [0.29, 0.717) is 6.42 Å². The summed E-state index contributed by atoms with van der Waals surface area (Å²) in [6.07, 6.45) is -0.221. The van der Waals surface area contributed by atoms with Gasteiger partial charge in [0.25, 0.3) is 0 Å². The van der Waals surface area contributed by atoms with Gasteiger partial charge in [-0.15, -0.1) is 0 Å². The standard InChI is InChI=1S/C14H23NO3S/c1-14(2,3)13(16)11-15-19(17,18)10-9-12-7-5-4-6-8-12/h4-8,13,15-16H,9-11H2,1-3H3. The maximum absolute atomic E-state index is 11.8. The van der Waals surface area contributed by atoms with Gasteiger partial charge in [0.1, 0.15) is 0 Å². The molecule has 0 aromatic heterocycles. The molecule has 0 spiro atoms. The molecule has 5 heteroatoms. The minimum Gasteiger partial charge on any atom is -0.391 e. The number of nitrogens with one attached hydrogen (secondary N) is 1. The van der Waals surface area contributed by atoms with E-state index in [1.807, 2.05) is 51.1 Å². The van der Waals surface area contributed by atoms with Gasteiger partial charge in [-0.1, -0.05) is 51.1 Å². The molecule has 2 N–H and O–H groups in total. The van der Waals surface area contributed by atoms with Crippen LogP contribution in [0.1, 0.15) is 26.3 Å². The van der Waals surface area contributed by atoms with Crippen molar-refractivity contribution < 1.29 is 13.5 Å². The molecule has 1 atom stereocenters. The van der Waals surface area contributed by atoms with E-state index in [2.05, 4.69) is 4.72 Å². The molecule has 0 fully saturated rings. The van der Waals surface area contributed by atoms with Gasteiger partial charge in [-0.25, -0.2) is 13.1 Å². The third kappa shape index (κ3) is 6.18. The molecule has 19 heavy (non-hydrogen) atoms. The van der Waals surface area contributed by atoms with E-state index in [9.17, 15) is 13.5 Å². The number of aryl methyl sites for hydroxylation is 1. The summed E-state index contributed by atoms with van der Waals surface area (Å²) < 4.78 is 26.1. The smallest absolute Gasteiger partial charge is 0.212 e. The van der Waals surface area contributed by atoms with Crippen molar-refractivity contribution in [2.75, 3.05) is 12.3 Å². The van der Waals surface area contributed by atoms with Crippen LogP contribution in [0.2, 0.25) is 0 Å². The van der Waals surface area contributed by atoms with Crippen LogP contribution in [-0.4, -0.2) is 31.9 Å². The highest BCUT2D eigenvalue weighted by Gasteiger charge is 2.23. The van der Waals surface area contributed by atoms with Crippen molar-refractivity contribution in [2.45, 2.75) is 33.3 Å². The van der Waals surface area contributed by atoms with Crippen molar-refractivity contribution in [1.82, 2.24) is 4.72 Å². The van der Waals surface area contributed by atoms with Crippen molar-refractivity contribution in [3.05, 3.63) is 35.9 Å². The largest absolute Gasteiger partial charge is 0.391 e. The summed E-state index contributed by atoms with van der Waals surface area (Å²) in [5.74, 6) is 0.0356. The molecule has 0 amide bonds. The zero-order chi connectivity index (χ0) is 14.5. The summed E-state index contributed by atoms with van der Waals surface area (Å²) in [5, 5.41) is 9.81. The van der Waals surface area contributed by atoms with Gasteiger partial charge in [0.15, 0.2) is 0 Å². The molecule has 0 saturated carbocycles. The molecule has 4 nitrogen and oxygen atoms in total. The highest BCUT2D eigenvalue weighted by molar-refractivity contribution is 7.89. The van der Waals surface area contributed by atoms with Crippen molar-refractivity contribution in [3.8, 4) is 0 Å². The molecule has 0 aliphatic rings. The fourth-order valence-corrected chi connectivity index (χ4v) is 2.54. The van der Waals surface area contributed by atoms with Crippen LogP contribution >= 0.6 is 0 Å². The third-order valence-electron chi connectivity index (χ3n) is 3.00. The molecule has 0 aliphatic heterocycles. The molecule has 1 unspecified atom stereocenters. The summed E-state index contributed by atoms with van der Waals surface area (Å²) in [7, 11) is -3.35. The monoisotopic (exact) mass is 285 g/mol. The lowest BCUT2D eigenvalue weighted by molar-refractivity contribution is 0.0677. The second-order valence-corrected chi connectivity index (χ2v) is 7.71. The minimum absolute atomic E-state index is 0.0356. The lowest BCUT2D eigenvalue weighted by Crippen LogP contribution is -2.40. The van der Waals surface area contributed by atoms with Crippen LogP contribution in [0.3, 0.4) is 0 Å². The zero-order valence-corrected chi connectivity index (χ0v) is 12.6. The summed E-state index contributed by atoms with van der Waals surface area (Å²) in [6, 6.07) is 9.48. The first kappa shape index (κ1) is 16.1. The fraction of sp³-hybridized carbons (Fsp3) is 0.571. The number of hydrogen-bond donors (Lipinski definition) is 2. The van der Waals surface area contributed by atoms with Gasteiger partial charge >= 0.3 is 0 Å². The summed E-state index contributed by atoms with van der Waals surface area (Å²) in [6.45, 7) is 5.67. The molecule has 0 aliphatic carbocycles. The highest BCUT2D eigenvalue weighted by atomic mass is 32.2. The van der Waals surface area contributed by atoms with Gasteiger partial charge in [0.05, 0.1) is 11.9 Å². The number of aliphatic hydroxyl groups is 1. The van der Waals surface area contributed by atoms with Crippen molar-refractivity contribution in [3.63, 3.8) is 0 Å². The molecule has 1 rings (SSSR count). The quantitative estimate of drug-likeness (QED) is 0.833. The van der Waals surface area contributed by atoms with E-state index in [1.165, 1.54) is 0 Å². The first-order chi connectivity index (χ1) is 8.71. The zero-order valence-electron chi connectivity index (χ0n) is 11.8. The van der Waals surface area contributed by atoms with Crippen LogP contribution in [0.5, 0.6) is 0 Å². The Balaban J connectivity index is 2.45. The molecule has 0 bridgehead atoms. The lowest BCUT2D eigenvalue weighted by Gasteiger charge is -2.25. The van der Waals surface area contributed by atoms with Gasteiger partial charge in [0, 0.05) is 6.54 Å². The summed E-state index contributed by atoms with van der Waals surface area (Å²) in [4.78, 5) is 0. The maximum Gasteiger partial charge on any atom is 0.212 e. The third-order valence-corrected chi connectivity index (χ3v) is 4.35. The van der Waals surface area contributed by atoms with Crippen molar-refractivity contribution >= 4 is 10.0 Å². The molecule has 0 radical (unpaired) electrons. The lowest BCUT2D eigenvalue weighted by atomic mass is 9.89. The summed E-state index contributed by atoms with van der Waals surface area (Å²) >= 11 is 0. The van der Waals surface area contributed by atoms with Crippen LogP contribution in [0, 0.1) is 5.41 Å². The molecule has 108 valence electrons. The normalized spacial score (nSPS) is 14.3. The van der Waals surface area contributed by atoms with E-state index in [1.54, 1.807) is 0 Å². The Morgan fingerprint density at radius 1 is 1.21 bits per heavy atom. The second-order valence-electron chi connectivity index (χ2n) is 5.78. The molecule has 0 saturated heterocycles. The molecule has 0 heterocycles. The van der Waals surface area contributed by atoms with Crippen LogP contribution in [-0.2, 0) is 16.4 Å². The van der Waals surface area contributed by atoms with Gasteiger partial charge in [-0.05, 0) is 17.4 Å². The van der Waals surface area contributed by atoms with E-state index in [-0.39, 0.29) is 17.7 Å². The second kappa shape index (κ2) is 6.50. The van der Waals surface area contributed by atoms with Gasteiger partial charge < -0.3 is 5.11 Å². The van der Waals surface area contributed by atoms with Crippen molar-refractivity contribution in [2.24, 2.45) is 5.41 Å².